The van der Waals surface area contributed by atoms with Crippen molar-refractivity contribution in [2.45, 2.75) is 39.2 Å². The summed E-state index contributed by atoms with van der Waals surface area (Å²) in [6.45, 7) is 5.11. The van der Waals surface area contributed by atoms with Gasteiger partial charge in [-0.25, -0.2) is 0 Å². The number of hydrogen-bond donors (Lipinski definition) is 2. The van der Waals surface area contributed by atoms with Crippen LogP contribution in [0, 0.1) is 12.8 Å². The van der Waals surface area contributed by atoms with Gasteiger partial charge < -0.3 is 15.5 Å². The molecule has 0 spiro atoms. The van der Waals surface area contributed by atoms with Crippen molar-refractivity contribution in [1.29, 1.82) is 0 Å². The zero-order valence-corrected chi connectivity index (χ0v) is 16.6. The lowest BCUT2D eigenvalue weighted by Crippen LogP contribution is -2.28. The molecule has 1 fully saturated rings. The summed E-state index contributed by atoms with van der Waals surface area (Å²) in [5.74, 6) is 0.841. The largest absolute Gasteiger partial charge is 0.326 e. The number of aryl methyl sites for hydroxylation is 1. The number of rotatable bonds is 6. The normalized spacial score (nSPS) is 14.7. The van der Waals surface area contributed by atoms with Crippen LogP contribution in [0.4, 0.5) is 5.69 Å². The molecule has 2 rings (SSSR count). The van der Waals surface area contributed by atoms with Crippen LogP contribution in [0.3, 0.4) is 0 Å². The summed E-state index contributed by atoms with van der Waals surface area (Å²) < 4.78 is 0. The van der Waals surface area contributed by atoms with Crippen molar-refractivity contribution in [3.8, 4) is 0 Å². The Labute approximate surface area is 158 Å². The van der Waals surface area contributed by atoms with E-state index in [-0.39, 0.29) is 30.7 Å². The first-order chi connectivity index (χ1) is 10.5. The molecule has 0 aromatic heterocycles. The van der Waals surface area contributed by atoms with E-state index in [1.54, 1.807) is 0 Å². The molecule has 138 valence electrons. The average molecular weight is 376 g/mol. The monoisotopic (exact) mass is 375 g/mol. The molecule has 2 N–H and O–H groups in total. The van der Waals surface area contributed by atoms with Gasteiger partial charge in [0.05, 0.1) is 0 Å². The van der Waals surface area contributed by atoms with Gasteiger partial charge in [0.1, 0.15) is 0 Å². The van der Waals surface area contributed by atoms with E-state index in [1.807, 2.05) is 20.2 Å². The Hall–Kier alpha value is -0.810. The van der Waals surface area contributed by atoms with Gasteiger partial charge in [-0.2, -0.15) is 0 Å². The van der Waals surface area contributed by atoms with Gasteiger partial charge in [-0.3, -0.25) is 4.79 Å². The first kappa shape index (κ1) is 23.2. The Balaban J connectivity index is 0.00000264. The number of anilines is 1. The van der Waals surface area contributed by atoms with Gasteiger partial charge in [0.25, 0.3) is 0 Å². The van der Waals surface area contributed by atoms with Crippen LogP contribution in [0.1, 0.15) is 36.8 Å². The molecule has 0 unspecified atom stereocenters. The minimum atomic E-state index is 0. The van der Waals surface area contributed by atoms with Gasteiger partial charge in [-0.05, 0) is 70.9 Å². The minimum absolute atomic E-state index is 0. The fraction of sp³-hybridized carbons (Fsp3) is 0.611. The van der Waals surface area contributed by atoms with Gasteiger partial charge in [0, 0.05) is 18.7 Å². The van der Waals surface area contributed by atoms with Crippen molar-refractivity contribution >= 4 is 36.4 Å². The predicted octanol–water partition coefficient (Wildman–Crippen LogP) is 3.62. The Morgan fingerprint density at radius 3 is 2.54 bits per heavy atom. The maximum Gasteiger partial charge on any atom is 0.224 e. The fourth-order valence-corrected chi connectivity index (χ4v) is 3.03. The number of carbonyl (C=O) groups excluding carboxylic acids is 1. The van der Waals surface area contributed by atoms with Crippen LogP contribution in [-0.4, -0.2) is 38.0 Å². The zero-order chi connectivity index (χ0) is 15.9. The maximum atomic E-state index is 12.2. The van der Waals surface area contributed by atoms with E-state index in [2.05, 4.69) is 34.6 Å². The standard InChI is InChI=1S/C18H29N3O.2ClH/c1-14-4-6-17(16(12-14)13-21(2)3)20-18(22)7-5-15-8-10-19-11-9-15;;/h4,6,12,15,19H,5,7-11,13H2,1-3H3,(H,20,22);2*1H. The van der Waals surface area contributed by atoms with E-state index >= 15 is 0 Å². The van der Waals surface area contributed by atoms with Crippen molar-refractivity contribution in [3.63, 3.8) is 0 Å². The van der Waals surface area contributed by atoms with Gasteiger partial charge in [-0.15, -0.1) is 24.8 Å². The third-order valence-electron chi connectivity index (χ3n) is 4.26. The summed E-state index contributed by atoms with van der Waals surface area (Å²) >= 11 is 0. The Morgan fingerprint density at radius 1 is 1.25 bits per heavy atom. The Morgan fingerprint density at radius 2 is 1.92 bits per heavy atom. The minimum Gasteiger partial charge on any atom is -0.326 e. The van der Waals surface area contributed by atoms with Gasteiger partial charge >= 0.3 is 0 Å². The van der Waals surface area contributed by atoms with Gasteiger partial charge in [0.15, 0.2) is 0 Å². The predicted molar refractivity (Wildman–Crippen MR) is 107 cm³/mol. The number of piperidine rings is 1. The van der Waals surface area contributed by atoms with E-state index in [1.165, 1.54) is 24.0 Å². The third-order valence-corrected chi connectivity index (χ3v) is 4.26. The van der Waals surface area contributed by atoms with Crippen LogP contribution < -0.4 is 10.6 Å². The molecule has 0 aliphatic carbocycles. The van der Waals surface area contributed by atoms with E-state index in [0.717, 1.165) is 31.7 Å². The summed E-state index contributed by atoms with van der Waals surface area (Å²) in [6, 6.07) is 6.24. The SMILES string of the molecule is Cc1ccc(NC(=O)CCC2CCNCC2)c(CN(C)C)c1.Cl.Cl. The van der Waals surface area contributed by atoms with E-state index in [4.69, 9.17) is 0 Å². The number of benzene rings is 1. The number of nitrogens with zero attached hydrogens (tertiary/aromatic N) is 1. The van der Waals surface area contributed by atoms with Crippen molar-refractivity contribution in [2.75, 3.05) is 32.5 Å². The summed E-state index contributed by atoms with van der Waals surface area (Å²) in [6.07, 6.45) is 4.02. The number of halogens is 2. The van der Waals surface area contributed by atoms with E-state index in [9.17, 15) is 4.79 Å². The molecule has 1 saturated heterocycles. The number of amides is 1. The molecule has 0 atom stereocenters. The quantitative estimate of drug-likeness (QED) is 0.797. The maximum absolute atomic E-state index is 12.2. The first-order valence-electron chi connectivity index (χ1n) is 8.29. The highest BCUT2D eigenvalue weighted by molar-refractivity contribution is 5.91. The molecular weight excluding hydrogens is 345 g/mol. The second-order valence-corrected chi connectivity index (χ2v) is 6.68. The third kappa shape index (κ3) is 7.84. The smallest absolute Gasteiger partial charge is 0.224 e. The fourth-order valence-electron chi connectivity index (χ4n) is 3.03. The molecule has 0 bridgehead atoms. The highest BCUT2D eigenvalue weighted by Crippen LogP contribution is 2.21. The van der Waals surface area contributed by atoms with Crippen LogP contribution in [0.25, 0.3) is 0 Å². The zero-order valence-electron chi connectivity index (χ0n) is 14.9. The lowest BCUT2D eigenvalue weighted by atomic mass is 9.93. The summed E-state index contributed by atoms with van der Waals surface area (Å²) in [5, 5.41) is 6.47. The lowest BCUT2D eigenvalue weighted by molar-refractivity contribution is -0.116. The van der Waals surface area contributed by atoms with E-state index in [0.29, 0.717) is 12.3 Å². The molecule has 1 heterocycles. The first-order valence-corrected chi connectivity index (χ1v) is 8.29. The van der Waals surface area contributed by atoms with Gasteiger partial charge in [-0.1, -0.05) is 17.7 Å². The second-order valence-electron chi connectivity index (χ2n) is 6.68. The number of nitrogens with one attached hydrogen (secondary N) is 2. The van der Waals surface area contributed by atoms with Crippen molar-refractivity contribution < 1.29 is 4.79 Å². The van der Waals surface area contributed by atoms with Crippen LogP contribution in [0.15, 0.2) is 18.2 Å². The highest BCUT2D eigenvalue weighted by atomic mass is 35.5. The highest BCUT2D eigenvalue weighted by Gasteiger charge is 2.15. The molecule has 24 heavy (non-hydrogen) atoms. The summed E-state index contributed by atoms with van der Waals surface area (Å²) in [4.78, 5) is 14.4. The van der Waals surface area contributed by atoms with Crippen molar-refractivity contribution in [2.24, 2.45) is 5.92 Å². The molecule has 1 aliphatic heterocycles. The summed E-state index contributed by atoms with van der Waals surface area (Å²) in [5.41, 5.74) is 3.36. The topological polar surface area (TPSA) is 44.4 Å². The molecule has 6 heteroatoms. The van der Waals surface area contributed by atoms with Gasteiger partial charge in [0.2, 0.25) is 5.91 Å². The molecule has 1 aromatic carbocycles. The van der Waals surface area contributed by atoms with E-state index < -0.39 is 0 Å². The summed E-state index contributed by atoms with van der Waals surface area (Å²) in [7, 11) is 4.09. The number of carbonyl (C=O) groups is 1. The Bertz CT molecular complexity index is 503. The van der Waals surface area contributed by atoms with Crippen molar-refractivity contribution in [3.05, 3.63) is 29.3 Å². The molecular formula is C18H31Cl2N3O. The van der Waals surface area contributed by atoms with Crippen LogP contribution in [-0.2, 0) is 11.3 Å². The Kier molecular flexibility index (Phi) is 11.3. The number of hydrogen-bond acceptors (Lipinski definition) is 3. The van der Waals surface area contributed by atoms with Crippen molar-refractivity contribution in [1.82, 2.24) is 10.2 Å². The molecule has 0 saturated carbocycles. The molecule has 1 amide bonds. The van der Waals surface area contributed by atoms with Crippen LogP contribution >= 0.6 is 24.8 Å². The molecule has 1 aromatic rings. The lowest BCUT2D eigenvalue weighted by Gasteiger charge is -2.22. The van der Waals surface area contributed by atoms with Crippen LogP contribution in [0.2, 0.25) is 0 Å². The second kappa shape index (κ2) is 11.7. The molecule has 1 aliphatic rings. The molecule has 0 radical (unpaired) electrons. The molecule has 4 nitrogen and oxygen atoms in total. The van der Waals surface area contributed by atoms with Crippen LogP contribution in [0.5, 0.6) is 0 Å². The average Bonchev–Trinajstić information content (AvgIpc) is 2.48.